The van der Waals surface area contributed by atoms with Gasteiger partial charge in [-0.3, -0.25) is 0 Å². The first kappa shape index (κ1) is 23.9. The zero-order valence-corrected chi connectivity index (χ0v) is 17.3. The highest BCUT2D eigenvalue weighted by Gasteiger charge is 2.34. The van der Waals surface area contributed by atoms with Crippen LogP contribution >= 0.6 is 0 Å². The van der Waals surface area contributed by atoms with Crippen molar-refractivity contribution in [2.45, 2.75) is 135 Å². The number of hydrogen-bond donors (Lipinski definition) is 2. The van der Waals surface area contributed by atoms with Gasteiger partial charge >= 0.3 is 0 Å². The summed E-state index contributed by atoms with van der Waals surface area (Å²) in [5.74, 6) is 0. The molecule has 26 heavy (non-hydrogen) atoms. The molecule has 0 bridgehead atoms. The molecule has 4 heteroatoms. The normalized spacial score (nSPS) is 26.3. The maximum Gasteiger partial charge on any atom is 0.183 e. The third-order valence-corrected chi connectivity index (χ3v) is 5.47. The lowest BCUT2D eigenvalue weighted by Crippen LogP contribution is -2.47. The van der Waals surface area contributed by atoms with Crippen molar-refractivity contribution in [1.29, 1.82) is 0 Å². The lowest BCUT2D eigenvalue weighted by atomic mass is 10.0. The molecular weight excluding hydrogens is 328 g/mol. The molecule has 1 aliphatic rings. The van der Waals surface area contributed by atoms with Gasteiger partial charge in [-0.05, 0) is 13.3 Å². The van der Waals surface area contributed by atoms with Gasteiger partial charge < -0.3 is 19.7 Å². The summed E-state index contributed by atoms with van der Waals surface area (Å²) >= 11 is 0. The Kier molecular flexibility index (Phi) is 14.6. The maximum atomic E-state index is 9.86. The summed E-state index contributed by atoms with van der Waals surface area (Å²) < 4.78 is 11.1. The van der Waals surface area contributed by atoms with E-state index in [0.717, 1.165) is 6.42 Å². The lowest BCUT2D eigenvalue weighted by Gasteiger charge is -2.35. The molecule has 1 aliphatic heterocycles. The second-order valence-corrected chi connectivity index (χ2v) is 8.05. The molecule has 0 aliphatic carbocycles. The molecule has 1 heterocycles. The molecule has 1 rings (SSSR count). The van der Waals surface area contributed by atoms with E-state index >= 15 is 0 Å². The van der Waals surface area contributed by atoms with E-state index < -0.39 is 18.5 Å². The number of ether oxygens (including phenoxy) is 2. The minimum atomic E-state index is -0.715. The number of aliphatic hydroxyl groups excluding tert-OH is 2. The van der Waals surface area contributed by atoms with E-state index in [-0.39, 0.29) is 6.10 Å². The Morgan fingerprint density at radius 3 is 1.69 bits per heavy atom. The van der Waals surface area contributed by atoms with E-state index in [4.69, 9.17) is 9.47 Å². The van der Waals surface area contributed by atoms with Crippen LogP contribution in [0.25, 0.3) is 0 Å². The van der Waals surface area contributed by atoms with Gasteiger partial charge in [0.25, 0.3) is 0 Å². The Morgan fingerprint density at radius 1 is 0.731 bits per heavy atom. The van der Waals surface area contributed by atoms with Crippen molar-refractivity contribution >= 4 is 0 Å². The van der Waals surface area contributed by atoms with E-state index in [1.807, 2.05) is 6.92 Å². The average molecular weight is 373 g/mol. The Morgan fingerprint density at radius 2 is 1.19 bits per heavy atom. The smallest absolute Gasteiger partial charge is 0.183 e. The van der Waals surface area contributed by atoms with Gasteiger partial charge in [0.05, 0.1) is 12.2 Å². The number of hydrogen-bond acceptors (Lipinski definition) is 4. The molecule has 2 N–H and O–H groups in total. The Balaban J connectivity index is 1.80. The molecule has 4 nitrogen and oxygen atoms in total. The van der Waals surface area contributed by atoms with Crippen molar-refractivity contribution in [3.63, 3.8) is 0 Å². The number of aliphatic hydroxyl groups is 2. The standard InChI is InChI=1S/C22H44O4/c1-3-4-5-6-7-8-9-10-11-12-13-14-15-16-17-25-22-21(24)18-20(23)19(2)26-22/h19-24H,3-18H2,1-2H3/t19-,20+,21+,22?/m0/s1. The molecule has 0 spiro atoms. The van der Waals surface area contributed by atoms with Crippen molar-refractivity contribution < 1.29 is 19.7 Å². The molecule has 0 amide bonds. The zero-order valence-electron chi connectivity index (χ0n) is 17.3. The maximum absolute atomic E-state index is 9.86. The summed E-state index contributed by atoms with van der Waals surface area (Å²) in [5, 5.41) is 19.5. The zero-order chi connectivity index (χ0) is 19.0. The Labute approximate surface area is 161 Å². The predicted molar refractivity (Wildman–Crippen MR) is 107 cm³/mol. The first-order valence-corrected chi connectivity index (χ1v) is 11.3. The summed E-state index contributed by atoms with van der Waals surface area (Å²) in [6.45, 7) is 4.72. The monoisotopic (exact) mass is 372 g/mol. The fourth-order valence-electron chi connectivity index (χ4n) is 3.59. The van der Waals surface area contributed by atoms with E-state index in [2.05, 4.69) is 6.92 Å². The van der Waals surface area contributed by atoms with Gasteiger partial charge in [-0.1, -0.05) is 90.4 Å². The number of unbranched alkanes of at least 4 members (excludes halogenated alkanes) is 13. The second-order valence-electron chi connectivity index (χ2n) is 8.05. The van der Waals surface area contributed by atoms with Gasteiger partial charge in [0.1, 0.15) is 6.10 Å². The molecular formula is C22H44O4. The van der Waals surface area contributed by atoms with Crippen LogP contribution < -0.4 is 0 Å². The van der Waals surface area contributed by atoms with Crippen LogP contribution in [0, 0.1) is 0 Å². The Bertz CT molecular complexity index is 311. The quantitative estimate of drug-likeness (QED) is 0.359. The summed E-state index contributed by atoms with van der Waals surface area (Å²) in [5.41, 5.74) is 0. The topological polar surface area (TPSA) is 58.9 Å². The van der Waals surface area contributed by atoms with Crippen LogP contribution in [0.3, 0.4) is 0 Å². The highest BCUT2D eigenvalue weighted by atomic mass is 16.7. The van der Waals surface area contributed by atoms with Gasteiger partial charge in [0.2, 0.25) is 0 Å². The summed E-state index contributed by atoms with van der Waals surface area (Å²) in [4.78, 5) is 0. The van der Waals surface area contributed by atoms with Crippen LogP contribution in [0.15, 0.2) is 0 Å². The summed E-state index contributed by atoms with van der Waals surface area (Å²) in [6.07, 6.45) is 17.0. The highest BCUT2D eigenvalue weighted by Crippen LogP contribution is 2.21. The minimum absolute atomic E-state index is 0.264. The van der Waals surface area contributed by atoms with Crippen LogP contribution in [0.1, 0.15) is 110 Å². The minimum Gasteiger partial charge on any atom is -0.390 e. The third kappa shape index (κ3) is 11.5. The van der Waals surface area contributed by atoms with Crippen molar-refractivity contribution in [2.75, 3.05) is 6.61 Å². The van der Waals surface area contributed by atoms with E-state index in [0.29, 0.717) is 13.0 Å². The van der Waals surface area contributed by atoms with Crippen LogP contribution in [-0.4, -0.2) is 41.4 Å². The van der Waals surface area contributed by atoms with Crippen molar-refractivity contribution in [3.8, 4) is 0 Å². The second kappa shape index (κ2) is 15.9. The van der Waals surface area contributed by atoms with Crippen LogP contribution in [0.5, 0.6) is 0 Å². The van der Waals surface area contributed by atoms with E-state index in [1.165, 1.54) is 83.5 Å². The first-order chi connectivity index (χ1) is 12.6. The van der Waals surface area contributed by atoms with Gasteiger partial charge in [-0.15, -0.1) is 0 Å². The molecule has 1 saturated heterocycles. The largest absolute Gasteiger partial charge is 0.390 e. The molecule has 4 atom stereocenters. The molecule has 0 aromatic heterocycles. The van der Waals surface area contributed by atoms with Gasteiger partial charge in [-0.25, -0.2) is 0 Å². The summed E-state index contributed by atoms with van der Waals surface area (Å²) in [7, 11) is 0. The molecule has 0 radical (unpaired) electrons. The molecule has 0 aromatic rings. The van der Waals surface area contributed by atoms with Crippen LogP contribution in [0.4, 0.5) is 0 Å². The summed E-state index contributed by atoms with van der Waals surface area (Å²) in [6, 6.07) is 0. The Hall–Kier alpha value is -0.160. The van der Waals surface area contributed by atoms with Gasteiger partial charge in [0.15, 0.2) is 6.29 Å². The first-order valence-electron chi connectivity index (χ1n) is 11.3. The predicted octanol–water partition coefficient (Wildman–Crippen LogP) is 5.34. The molecule has 0 aromatic carbocycles. The van der Waals surface area contributed by atoms with Gasteiger partial charge in [0, 0.05) is 13.0 Å². The average Bonchev–Trinajstić information content (AvgIpc) is 2.62. The van der Waals surface area contributed by atoms with Gasteiger partial charge in [-0.2, -0.15) is 0 Å². The van der Waals surface area contributed by atoms with E-state index in [9.17, 15) is 10.2 Å². The van der Waals surface area contributed by atoms with E-state index in [1.54, 1.807) is 0 Å². The van der Waals surface area contributed by atoms with Crippen molar-refractivity contribution in [2.24, 2.45) is 0 Å². The van der Waals surface area contributed by atoms with Crippen LogP contribution in [0.2, 0.25) is 0 Å². The lowest BCUT2D eigenvalue weighted by molar-refractivity contribution is -0.261. The molecule has 1 unspecified atom stereocenters. The fraction of sp³-hybridized carbons (Fsp3) is 1.00. The van der Waals surface area contributed by atoms with Crippen LogP contribution in [-0.2, 0) is 9.47 Å². The molecule has 0 saturated carbocycles. The molecule has 156 valence electrons. The van der Waals surface area contributed by atoms with Crippen molar-refractivity contribution in [3.05, 3.63) is 0 Å². The third-order valence-electron chi connectivity index (χ3n) is 5.47. The van der Waals surface area contributed by atoms with Crippen molar-refractivity contribution in [1.82, 2.24) is 0 Å². The SMILES string of the molecule is CCCCCCCCCCCCCCCCOC1O[C@@H](C)[C@H](O)C[C@H]1O. The number of rotatable bonds is 16. The molecule has 1 fully saturated rings. The fourth-order valence-corrected chi connectivity index (χ4v) is 3.59. The highest BCUT2D eigenvalue weighted by molar-refractivity contribution is 4.78.